The molecule has 2 aromatic rings. The van der Waals surface area contributed by atoms with Crippen LogP contribution in [0.2, 0.25) is 0 Å². The third-order valence-corrected chi connectivity index (χ3v) is 9.56. The van der Waals surface area contributed by atoms with Crippen molar-refractivity contribution in [2.75, 3.05) is 0 Å². The van der Waals surface area contributed by atoms with Crippen molar-refractivity contribution >= 4 is 0 Å². The summed E-state index contributed by atoms with van der Waals surface area (Å²) in [5, 5.41) is 22.3. The molecule has 0 bridgehead atoms. The van der Waals surface area contributed by atoms with Gasteiger partial charge in [0.2, 0.25) is 0 Å². The molecular weight excluding hydrogens is 599 g/mol. The van der Waals surface area contributed by atoms with Crippen molar-refractivity contribution in [2.45, 2.75) is 95.7 Å². The van der Waals surface area contributed by atoms with E-state index in [9.17, 15) is 10.2 Å². The largest absolute Gasteiger partial charge is 0.392 e. The van der Waals surface area contributed by atoms with Crippen molar-refractivity contribution in [3.05, 3.63) is 54.7 Å². The van der Waals surface area contributed by atoms with Gasteiger partial charge in [0.25, 0.3) is 0 Å². The van der Waals surface area contributed by atoms with E-state index in [4.69, 9.17) is 0 Å². The van der Waals surface area contributed by atoms with Crippen LogP contribution in [-0.4, -0.2) is 27.4 Å². The van der Waals surface area contributed by atoms with Crippen LogP contribution < -0.4 is 0 Å². The van der Waals surface area contributed by atoms with E-state index >= 15 is 0 Å². The quantitative estimate of drug-likeness (QED) is 0.347. The standard InChI is InChI=1S/C19H32O2.C11H8N.Ir/c20-16-15-14(7-12-18(16)8-3-1-4-9-18)13-19(17(15)21)10-5-2-6-11-19;1-2-6-10(7-3-1)11-8-4-5-9-12-11;/h14-17,20-21H,1-13H2;1-6,8-9H;/q;-1;. The van der Waals surface area contributed by atoms with E-state index in [2.05, 4.69) is 11.1 Å². The van der Waals surface area contributed by atoms with Gasteiger partial charge in [-0.05, 0) is 73.5 Å². The maximum Gasteiger partial charge on any atom is 0.0652 e. The summed E-state index contributed by atoms with van der Waals surface area (Å²) in [4.78, 5) is 4.22. The molecule has 34 heavy (non-hydrogen) atoms. The van der Waals surface area contributed by atoms with Crippen LogP contribution >= 0.6 is 0 Å². The minimum absolute atomic E-state index is 0. The number of rotatable bonds is 1. The Morgan fingerprint density at radius 3 is 2.03 bits per heavy atom. The fraction of sp³-hybridized carbons (Fsp3) is 0.633. The smallest absolute Gasteiger partial charge is 0.0652 e. The molecule has 2 spiro atoms. The van der Waals surface area contributed by atoms with E-state index in [1.165, 1.54) is 83.5 Å². The van der Waals surface area contributed by atoms with Gasteiger partial charge in [0.1, 0.15) is 0 Å². The Morgan fingerprint density at radius 1 is 0.765 bits per heavy atom. The third-order valence-electron chi connectivity index (χ3n) is 9.56. The molecule has 4 aliphatic rings. The number of nitrogens with zero attached hydrogens (tertiary/aromatic N) is 1. The summed E-state index contributed by atoms with van der Waals surface area (Å²) in [5.41, 5.74) is 2.35. The van der Waals surface area contributed by atoms with Gasteiger partial charge in [-0.3, -0.25) is 0 Å². The zero-order chi connectivity index (χ0) is 22.7. The van der Waals surface area contributed by atoms with Gasteiger partial charge < -0.3 is 15.2 Å². The Hall–Kier alpha value is -1.06. The monoisotopic (exact) mass is 639 g/mol. The number of hydrogen-bond acceptors (Lipinski definition) is 3. The molecule has 1 heterocycles. The zero-order valence-electron chi connectivity index (χ0n) is 20.3. The Bertz CT molecular complexity index is 828. The van der Waals surface area contributed by atoms with Crippen molar-refractivity contribution in [3.63, 3.8) is 0 Å². The molecule has 4 atom stereocenters. The normalized spacial score (nSPS) is 31.1. The summed E-state index contributed by atoms with van der Waals surface area (Å²) < 4.78 is 0. The molecule has 4 fully saturated rings. The van der Waals surface area contributed by atoms with E-state index in [-0.39, 0.29) is 49.1 Å². The van der Waals surface area contributed by atoms with Gasteiger partial charge in [0, 0.05) is 32.2 Å². The molecule has 0 aliphatic heterocycles. The summed E-state index contributed by atoms with van der Waals surface area (Å²) in [5.74, 6) is 0.788. The molecule has 3 nitrogen and oxygen atoms in total. The number of fused-ring (bicyclic) bond motifs is 1. The fourth-order valence-corrected chi connectivity index (χ4v) is 7.83. The van der Waals surface area contributed by atoms with Crippen LogP contribution in [0.4, 0.5) is 0 Å². The summed E-state index contributed by atoms with van der Waals surface area (Å²) in [6.45, 7) is 0. The summed E-state index contributed by atoms with van der Waals surface area (Å²) in [6, 6.07) is 16.8. The number of aromatic nitrogens is 1. The number of pyridine rings is 1. The van der Waals surface area contributed by atoms with Crippen LogP contribution in [0.25, 0.3) is 11.3 Å². The van der Waals surface area contributed by atoms with Crippen molar-refractivity contribution in [2.24, 2.45) is 22.7 Å². The second-order valence-electron chi connectivity index (χ2n) is 11.3. The molecule has 0 saturated heterocycles. The Labute approximate surface area is 219 Å². The number of aliphatic hydroxyl groups excluding tert-OH is 2. The van der Waals surface area contributed by atoms with Crippen molar-refractivity contribution < 1.29 is 30.3 Å². The van der Waals surface area contributed by atoms with Crippen LogP contribution in [0.15, 0.2) is 48.7 Å². The van der Waals surface area contributed by atoms with Crippen molar-refractivity contribution in [1.82, 2.24) is 4.98 Å². The summed E-state index contributed by atoms with van der Waals surface area (Å²) >= 11 is 0. The van der Waals surface area contributed by atoms with Crippen LogP contribution in [0.1, 0.15) is 83.5 Å². The van der Waals surface area contributed by atoms with E-state index in [1.54, 1.807) is 6.20 Å². The topological polar surface area (TPSA) is 53.4 Å². The number of aliphatic hydroxyl groups is 2. The van der Waals surface area contributed by atoms with E-state index in [0.717, 1.165) is 11.3 Å². The van der Waals surface area contributed by atoms with Gasteiger partial charge in [0.15, 0.2) is 0 Å². The first-order valence-corrected chi connectivity index (χ1v) is 13.4. The molecule has 6 rings (SSSR count). The number of benzene rings is 1. The first-order valence-electron chi connectivity index (χ1n) is 13.4. The molecule has 4 unspecified atom stereocenters. The van der Waals surface area contributed by atoms with E-state index in [1.807, 2.05) is 42.5 Å². The molecule has 4 saturated carbocycles. The van der Waals surface area contributed by atoms with Crippen LogP contribution in [0.5, 0.6) is 0 Å². The van der Waals surface area contributed by atoms with E-state index < -0.39 is 0 Å². The second-order valence-corrected chi connectivity index (χ2v) is 11.3. The van der Waals surface area contributed by atoms with Gasteiger partial charge in [0.05, 0.1) is 12.2 Å². The van der Waals surface area contributed by atoms with Gasteiger partial charge >= 0.3 is 0 Å². The minimum atomic E-state index is -0.229. The molecule has 1 aromatic carbocycles. The maximum atomic E-state index is 11.2. The molecule has 4 aliphatic carbocycles. The molecule has 187 valence electrons. The van der Waals surface area contributed by atoms with Gasteiger partial charge in [-0.25, -0.2) is 0 Å². The number of hydrogen-bond donors (Lipinski definition) is 2. The van der Waals surface area contributed by atoms with Gasteiger partial charge in [-0.15, -0.1) is 35.9 Å². The molecular formula is C30H40IrNO2-. The van der Waals surface area contributed by atoms with Crippen LogP contribution in [0.3, 0.4) is 0 Å². The average molecular weight is 639 g/mol. The summed E-state index contributed by atoms with van der Waals surface area (Å²) in [7, 11) is 0. The Balaban J connectivity index is 0.000000180. The van der Waals surface area contributed by atoms with E-state index in [0.29, 0.717) is 5.92 Å². The fourth-order valence-electron chi connectivity index (χ4n) is 7.83. The van der Waals surface area contributed by atoms with Crippen LogP contribution in [-0.2, 0) is 20.1 Å². The van der Waals surface area contributed by atoms with Gasteiger partial charge in [-0.2, -0.15) is 0 Å². The van der Waals surface area contributed by atoms with Crippen molar-refractivity contribution in [3.8, 4) is 11.3 Å². The first-order chi connectivity index (χ1) is 16.1. The zero-order valence-corrected chi connectivity index (χ0v) is 22.7. The van der Waals surface area contributed by atoms with Crippen molar-refractivity contribution in [1.29, 1.82) is 0 Å². The van der Waals surface area contributed by atoms with Crippen LogP contribution in [0, 0.1) is 28.7 Å². The Kier molecular flexibility index (Phi) is 8.67. The Morgan fingerprint density at radius 2 is 1.41 bits per heavy atom. The predicted molar refractivity (Wildman–Crippen MR) is 132 cm³/mol. The second kappa shape index (κ2) is 11.3. The minimum Gasteiger partial charge on any atom is -0.392 e. The summed E-state index contributed by atoms with van der Waals surface area (Å²) in [6.07, 6.45) is 17.7. The third kappa shape index (κ3) is 5.07. The molecule has 4 heteroatoms. The molecule has 1 aromatic heterocycles. The van der Waals surface area contributed by atoms with Gasteiger partial charge in [-0.1, -0.05) is 50.7 Å². The molecule has 2 N–H and O–H groups in total. The first kappa shape index (κ1) is 26.0. The maximum absolute atomic E-state index is 11.2. The predicted octanol–water partition coefficient (Wildman–Crippen LogP) is 6.59. The SMILES string of the molecule is OC1C2C(CCC13CCCCC3)CC1(CCCCC1)C2O.[Ir].[c-]1ccccc1-c1ccccn1. The average Bonchev–Trinajstić information content (AvgIpc) is 3.15. The molecule has 1 radical (unpaired) electrons. The molecule has 0 amide bonds.